The number of carbonyl (C=O) groups excluding carboxylic acids is 1. The van der Waals surface area contributed by atoms with Crippen LogP contribution in [0.1, 0.15) is 38.8 Å². The summed E-state index contributed by atoms with van der Waals surface area (Å²) >= 11 is 13.8. The van der Waals surface area contributed by atoms with Gasteiger partial charge in [-0.3, -0.25) is 4.90 Å². The SMILES string of the molecule is CCOC(=O)c1c(N=Cc2ccc(Cl)cc2Cl)sc2c1CCN(Cc1ccccc1)C2. The molecule has 0 unspecified atom stereocenters. The average Bonchev–Trinajstić information content (AvgIpc) is 3.11. The predicted octanol–water partition coefficient (Wildman–Crippen LogP) is 6.54. The number of hydrogen-bond acceptors (Lipinski definition) is 5. The highest BCUT2D eigenvalue weighted by molar-refractivity contribution is 7.16. The van der Waals surface area contributed by atoms with Gasteiger partial charge in [-0.15, -0.1) is 11.3 Å². The van der Waals surface area contributed by atoms with Crippen LogP contribution in [0.15, 0.2) is 53.5 Å². The van der Waals surface area contributed by atoms with Crippen molar-refractivity contribution < 1.29 is 9.53 Å². The van der Waals surface area contributed by atoms with E-state index in [9.17, 15) is 4.79 Å². The monoisotopic (exact) mass is 472 g/mol. The van der Waals surface area contributed by atoms with Crippen molar-refractivity contribution in [2.75, 3.05) is 13.2 Å². The van der Waals surface area contributed by atoms with Gasteiger partial charge < -0.3 is 4.74 Å². The molecule has 3 aromatic rings. The first-order chi connectivity index (χ1) is 15.0. The highest BCUT2D eigenvalue weighted by Crippen LogP contribution is 2.40. The molecule has 31 heavy (non-hydrogen) atoms. The van der Waals surface area contributed by atoms with Gasteiger partial charge in [0.2, 0.25) is 0 Å². The Bertz CT molecular complexity index is 1110. The third-order valence-electron chi connectivity index (χ3n) is 5.13. The van der Waals surface area contributed by atoms with Gasteiger partial charge in [-0.2, -0.15) is 0 Å². The standard InChI is InChI=1S/C24H22Cl2N2O2S/c1-2-30-24(29)22-19-10-11-28(14-16-6-4-3-5-7-16)15-21(19)31-23(22)27-13-17-8-9-18(25)12-20(17)26/h3-9,12-13H,2,10-11,14-15H2,1H3. The lowest BCUT2D eigenvalue weighted by molar-refractivity contribution is 0.0526. The van der Waals surface area contributed by atoms with Crippen LogP contribution in [-0.2, 0) is 24.2 Å². The van der Waals surface area contributed by atoms with Crippen molar-refractivity contribution in [3.63, 3.8) is 0 Å². The molecule has 7 heteroatoms. The lowest BCUT2D eigenvalue weighted by Gasteiger charge is -2.27. The van der Waals surface area contributed by atoms with Crippen LogP contribution in [-0.4, -0.2) is 30.2 Å². The molecule has 0 amide bonds. The van der Waals surface area contributed by atoms with Crippen LogP contribution in [0.3, 0.4) is 0 Å². The van der Waals surface area contributed by atoms with E-state index in [2.05, 4.69) is 34.2 Å². The van der Waals surface area contributed by atoms with E-state index in [1.165, 1.54) is 10.4 Å². The van der Waals surface area contributed by atoms with Gasteiger partial charge in [0.25, 0.3) is 0 Å². The highest BCUT2D eigenvalue weighted by atomic mass is 35.5. The van der Waals surface area contributed by atoms with Crippen LogP contribution < -0.4 is 0 Å². The number of esters is 1. The molecule has 0 spiro atoms. The number of rotatable bonds is 6. The second kappa shape index (κ2) is 9.96. The summed E-state index contributed by atoms with van der Waals surface area (Å²) in [6, 6.07) is 15.7. The molecule has 0 atom stereocenters. The number of thiophene rings is 1. The fourth-order valence-corrected chi connectivity index (χ4v) is 5.34. The number of fused-ring (bicyclic) bond motifs is 1. The third kappa shape index (κ3) is 5.18. The van der Waals surface area contributed by atoms with Gasteiger partial charge in [-0.1, -0.05) is 59.6 Å². The summed E-state index contributed by atoms with van der Waals surface area (Å²) in [5, 5.41) is 1.75. The molecule has 0 bridgehead atoms. The second-order valence-electron chi connectivity index (χ2n) is 7.27. The maximum atomic E-state index is 12.7. The molecule has 0 saturated carbocycles. The molecule has 1 aliphatic heterocycles. The van der Waals surface area contributed by atoms with Crippen LogP contribution in [0.25, 0.3) is 0 Å². The highest BCUT2D eigenvalue weighted by Gasteiger charge is 2.28. The Kier molecular flexibility index (Phi) is 7.08. The summed E-state index contributed by atoms with van der Waals surface area (Å²) in [4.78, 5) is 20.9. The number of halogens is 2. The number of ether oxygens (including phenoxy) is 1. The van der Waals surface area contributed by atoms with Gasteiger partial charge in [0.1, 0.15) is 5.00 Å². The van der Waals surface area contributed by atoms with E-state index >= 15 is 0 Å². The Morgan fingerprint density at radius 1 is 1.23 bits per heavy atom. The molecule has 0 radical (unpaired) electrons. The lowest BCUT2D eigenvalue weighted by atomic mass is 10.0. The second-order valence-corrected chi connectivity index (χ2v) is 9.20. The van der Waals surface area contributed by atoms with Crippen LogP contribution in [0.4, 0.5) is 5.00 Å². The number of aliphatic imine (C=N–C) groups is 1. The number of carbonyl (C=O) groups is 1. The van der Waals surface area contributed by atoms with E-state index < -0.39 is 0 Å². The molecule has 0 N–H and O–H groups in total. The molecular formula is C24H22Cl2N2O2S. The Morgan fingerprint density at radius 3 is 2.77 bits per heavy atom. The molecule has 2 heterocycles. The smallest absolute Gasteiger partial charge is 0.341 e. The quantitative estimate of drug-likeness (QED) is 0.302. The van der Waals surface area contributed by atoms with Crippen molar-refractivity contribution in [3.8, 4) is 0 Å². The van der Waals surface area contributed by atoms with E-state index in [1.54, 1.807) is 29.7 Å². The summed E-state index contributed by atoms with van der Waals surface area (Å²) in [7, 11) is 0. The Balaban J connectivity index is 1.63. The number of benzene rings is 2. The first-order valence-corrected chi connectivity index (χ1v) is 11.7. The molecule has 0 aliphatic carbocycles. The van der Waals surface area contributed by atoms with Gasteiger partial charge in [-0.05, 0) is 36.6 Å². The van der Waals surface area contributed by atoms with Crippen molar-refractivity contribution in [2.45, 2.75) is 26.4 Å². The molecular weight excluding hydrogens is 451 g/mol. The van der Waals surface area contributed by atoms with Gasteiger partial charge >= 0.3 is 5.97 Å². The fraction of sp³-hybridized carbons (Fsp3) is 0.250. The van der Waals surface area contributed by atoms with Crippen molar-refractivity contribution >= 4 is 51.7 Å². The topological polar surface area (TPSA) is 41.9 Å². The van der Waals surface area contributed by atoms with Crippen molar-refractivity contribution in [1.82, 2.24) is 4.90 Å². The Morgan fingerprint density at radius 2 is 2.03 bits per heavy atom. The van der Waals surface area contributed by atoms with Crippen LogP contribution in [0.2, 0.25) is 10.0 Å². The summed E-state index contributed by atoms with van der Waals surface area (Å²) in [5.41, 5.74) is 3.67. The van der Waals surface area contributed by atoms with E-state index in [0.29, 0.717) is 27.2 Å². The summed E-state index contributed by atoms with van der Waals surface area (Å²) in [6.45, 7) is 4.70. The summed E-state index contributed by atoms with van der Waals surface area (Å²) in [5.74, 6) is -0.314. The minimum atomic E-state index is -0.314. The van der Waals surface area contributed by atoms with Crippen molar-refractivity contribution in [1.29, 1.82) is 0 Å². The van der Waals surface area contributed by atoms with E-state index in [1.807, 2.05) is 19.1 Å². The molecule has 1 aliphatic rings. The summed E-state index contributed by atoms with van der Waals surface area (Å²) in [6.07, 6.45) is 2.48. The lowest BCUT2D eigenvalue weighted by Crippen LogP contribution is -2.29. The Labute approximate surface area is 196 Å². The van der Waals surface area contributed by atoms with E-state index in [-0.39, 0.29) is 5.97 Å². The average molecular weight is 473 g/mol. The largest absolute Gasteiger partial charge is 0.462 e. The summed E-state index contributed by atoms with van der Waals surface area (Å²) < 4.78 is 5.34. The first kappa shape index (κ1) is 22.0. The molecule has 2 aromatic carbocycles. The number of hydrogen-bond donors (Lipinski definition) is 0. The fourth-order valence-electron chi connectivity index (χ4n) is 3.66. The normalized spacial score (nSPS) is 14.0. The molecule has 4 nitrogen and oxygen atoms in total. The van der Waals surface area contributed by atoms with Crippen LogP contribution >= 0.6 is 34.5 Å². The molecule has 160 valence electrons. The van der Waals surface area contributed by atoms with Crippen LogP contribution in [0, 0.1) is 0 Å². The molecule has 4 rings (SSSR count). The zero-order valence-electron chi connectivity index (χ0n) is 17.1. The molecule has 0 fully saturated rings. The number of nitrogens with zero attached hydrogens (tertiary/aromatic N) is 2. The van der Waals surface area contributed by atoms with Crippen LogP contribution in [0.5, 0.6) is 0 Å². The molecule has 1 aromatic heterocycles. The maximum absolute atomic E-state index is 12.7. The zero-order chi connectivity index (χ0) is 21.8. The van der Waals surface area contributed by atoms with Gasteiger partial charge in [0, 0.05) is 41.3 Å². The predicted molar refractivity (Wildman–Crippen MR) is 128 cm³/mol. The van der Waals surface area contributed by atoms with E-state index in [4.69, 9.17) is 27.9 Å². The maximum Gasteiger partial charge on any atom is 0.341 e. The first-order valence-electron chi connectivity index (χ1n) is 10.1. The van der Waals surface area contributed by atoms with Crippen molar-refractivity contribution in [2.24, 2.45) is 4.99 Å². The Hall–Kier alpha value is -2.18. The molecule has 0 saturated heterocycles. The van der Waals surface area contributed by atoms with Crippen molar-refractivity contribution in [3.05, 3.63) is 85.7 Å². The van der Waals surface area contributed by atoms with Gasteiger partial charge in [-0.25, -0.2) is 9.79 Å². The zero-order valence-corrected chi connectivity index (χ0v) is 19.4. The third-order valence-corrected chi connectivity index (χ3v) is 6.82. The van der Waals surface area contributed by atoms with Gasteiger partial charge in [0.05, 0.1) is 17.2 Å². The van der Waals surface area contributed by atoms with Gasteiger partial charge in [0.15, 0.2) is 0 Å². The van der Waals surface area contributed by atoms with E-state index in [0.717, 1.165) is 37.2 Å². The minimum Gasteiger partial charge on any atom is -0.462 e. The minimum absolute atomic E-state index is 0.314.